The lowest BCUT2D eigenvalue weighted by Crippen LogP contribution is -2.29. The Balaban J connectivity index is 2.07. The van der Waals surface area contributed by atoms with Gasteiger partial charge in [-0.25, -0.2) is 4.39 Å². The van der Waals surface area contributed by atoms with Gasteiger partial charge >= 0.3 is 0 Å². The number of carbonyl (C=O) groups is 1. The minimum absolute atomic E-state index is 0.215. The highest BCUT2D eigenvalue weighted by Gasteiger charge is 2.13. The van der Waals surface area contributed by atoms with E-state index in [9.17, 15) is 9.18 Å². The highest BCUT2D eigenvalue weighted by Crippen LogP contribution is 2.22. The molecule has 1 heterocycles. The van der Waals surface area contributed by atoms with Crippen LogP contribution in [0.5, 0.6) is 0 Å². The molecule has 0 aliphatic carbocycles. The van der Waals surface area contributed by atoms with Crippen molar-refractivity contribution >= 4 is 33.3 Å². The van der Waals surface area contributed by atoms with Crippen LogP contribution in [0.4, 0.5) is 15.9 Å². The first-order chi connectivity index (χ1) is 9.60. The average Bonchev–Trinajstić information content (AvgIpc) is 2.92. The van der Waals surface area contributed by atoms with E-state index in [4.69, 9.17) is 5.26 Å². The van der Waals surface area contributed by atoms with Gasteiger partial charge in [0.1, 0.15) is 18.6 Å². The van der Waals surface area contributed by atoms with Crippen molar-refractivity contribution in [3.63, 3.8) is 0 Å². The van der Waals surface area contributed by atoms with Crippen molar-refractivity contribution in [2.75, 3.05) is 16.8 Å². The Morgan fingerprint density at radius 1 is 1.55 bits per heavy atom. The van der Waals surface area contributed by atoms with Gasteiger partial charge < -0.3 is 9.84 Å². The standard InChI is InChI=1S/C12H8BrFN4O2/c13-9-5-8(1-2-10(9)14)18(7-15)6-12(19)16-11-3-4-20-17-11/h1-5H,6H2,(H,16,17,19). The minimum Gasteiger partial charge on any atom is -0.363 e. The van der Waals surface area contributed by atoms with E-state index >= 15 is 0 Å². The number of hydrogen-bond acceptors (Lipinski definition) is 5. The molecule has 0 atom stereocenters. The zero-order valence-electron chi connectivity index (χ0n) is 10.0. The molecule has 0 aliphatic heterocycles. The van der Waals surface area contributed by atoms with Crippen LogP contribution in [0.1, 0.15) is 0 Å². The minimum atomic E-state index is -0.446. The second-order valence-corrected chi connectivity index (χ2v) is 4.57. The summed E-state index contributed by atoms with van der Waals surface area (Å²) in [4.78, 5) is 12.9. The largest absolute Gasteiger partial charge is 0.363 e. The summed E-state index contributed by atoms with van der Waals surface area (Å²) in [6, 6.07) is 5.51. The van der Waals surface area contributed by atoms with Crippen molar-refractivity contribution in [1.29, 1.82) is 5.26 Å². The van der Waals surface area contributed by atoms with E-state index < -0.39 is 11.7 Å². The van der Waals surface area contributed by atoms with Crippen molar-refractivity contribution in [3.05, 3.63) is 40.8 Å². The molecular formula is C12H8BrFN4O2. The number of benzene rings is 1. The third kappa shape index (κ3) is 3.33. The molecule has 20 heavy (non-hydrogen) atoms. The number of nitrogens with zero attached hydrogens (tertiary/aromatic N) is 3. The van der Waals surface area contributed by atoms with E-state index in [1.807, 2.05) is 6.19 Å². The molecule has 1 amide bonds. The number of nitriles is 1. The first-order valence-corrected chi connectivity index (χ1v) is 6.22. The Kier molecular flexibility index (Phi) is 4.32. The summed E-state index contributed by atoms with van der Waals surface area (Å²) in [6.45, 7) is -0.221. The molecular weight excluding hydrogens is 331 g/mol. The van der Waals surface area contributed by atoms with Gasteiger partial charge in [-0.1, -0.05) is 5.16 Å². The summed E-state index contributed by atoms with van der Waals surface area (Å²) < 4.78 is 17.9. The number of nitrogens with one attached hydrogen (secondary N) is 1. The van der Waals surface area contributed by atoms with Crippen LogP contribution in [-0.2, 0) is 4.79 Å². The molecule has 0 radical (unpaired) electrons. The monoisotopic (exact) mass is 338 g/mol. The second-order valence-electron chi connectivity index (χ2n) is 3.72. The van der Waals surface area contributed by atoms with Gasteiger partial charge in [0.05, 0.1) is 10.2 Å². The fourth-order valence-corrected chi connectivity index (χ4v) is 1.81. The summed E-state index contributed by atoms with van der Waals surface area (Å²) in [7, 11) is 0. The molecule has 2 rings (SSSR count). The zero-order valence-corrected chi connectivity index (χ0v) is 11.6. The third-order valence-electron chi connectivity index (χ3n) is 2.34. The first kappa shape index (κ1) is 14.0. The summed E-state index contributed by atoms with van der Waals surface area (Å²) in [6.07, 6.45) is 3.18. The first-order valence-electron chi connectivity index (χ1n) is 5.42. The average molecular weight is 339 g/mol. The van der Waals surface area contributed by atoms with Crippen LogP contribution in [0.2, 0.25) is 0 Å². The van der Waals surface area contributed by atoms with Crippen molar-refractivity contribution in [2.45, 2.75) is 0 Å². The van der Waals surface area contributed by atoms with Crippen molar-refractivity contribution in [3.8, 4) is 6.19 Å². The van der Waals surface area contributed by atoms with Gasteiger partial charge in [0, 0.05) is 6.07 Å². The third-order valence-corrected chi connectivity index (χ3v) is 2.95. The van der Waals surface area contributed by atoms with E-state index in [0.717, 1.165) is 4.90 Å². The maximum atomic E-state index is 13.1. The molecule has 0 bridgehead atoms. The van der Waals surface area contributed by atoms with Gasteiger partial charge in [0.2, 0.25) is 5.91 Å². The van der Waals surface area contributed by atoms with Gasteiger partial charge in [-0.05, 0) is 34.1 Å². The Bertz CT molecular complexity index is 654. The molecule has 2 aromatic rings. The lowest BCUT2D eigenvalue weighted by atomic mass is 10.3. The van der Waals surface area contributed by atoms with Crippen LogP contribution in [0.3, 0.4) is 0 Å². The van der Waals surface area contributed by atoms with E-state index in [1.54, 1.807) is 0 Å². The number of hydrogen-bond donors (Lipinski definition) is 1. The number of carbonyl (C=O) groups excluding carboxylic acids is 1. The molecule has 1 N–H and O–H groups in total. The van der Waals surface area contributed by atoms with Gasteiger partial charge in [-0.3, -0.25) is 9.69 Å². The maximum Gasteiger partial charge on any atom is 0.246 e. The molecule has 1 aromatic heterocycles. The lowest BCUT2D eigenvalue weighted by Gasteiger charge is -2.15. The van der Waals surface area contributed by atoms with Crippen molar-refractivity contribution < 1.29 is 13.7 Å². The molecule has 0 fully saturated rings. The highest BCUT2D eigenvalue weighted by molar-refractivity contribution is 9.10. The molecule has 102 valence electrons. The number of halogens is 2. The lowest BCUT2D eigenvalue weighted by molar-refractivity contribution is -0.114. The maximum absolute atomic E-state index is 13.1. The number of aromatic nitrogens is 1. The summed E-state index contributed by atoms with van der Waals surface area (Å²) in [5.41, 5.74) is 0.399. The van der Waals surface area contributed by atoms with Gasteiger partial charge in [0.15, 0.2) is 12.0 Å². The predicted octanol–water partition coefficient (Wildman–Crippen LogP) is 2.50. The van der Waals surface area contributed by atoms with Crippen molar-refractivity contribution in [1.82, 2.24) is 5.16 Å². The van der Waals surface area contributed by atoms with Crippen LogP contribution in [0.25, 0.3) is 0 Å². The van der Waals surface area contributed by atoms with Crippen LogP contribution in [0.15, 0.2) is 39.5 Å². The molecule has 0 spiro atoms. The molecule has 0 saturated carbocycles. The van der Waals surface area contributed by atoms with Gasteiger partial charge in [0.25, 0.3) is 0 Å². The second kappa shape index (κ2) is 6.16. The Morgan fingerprint density at radius 2 is 2.35 bits per heavy atom. The highest BCUT2D eigenvalue weighted by atomic mass is 79.9. The van der Waals surface area contributed by atoms with Crippen molar-refractivity contribution in [2.24, 2.45) is 0 Å². The number of anilines is 2. The fraction of sp³-hybridized carbons (Fsp3) is 0.0833. The topological polar surface area (TPSA) is 82.2 Å². The van der Waals surface area contributed by atoms with E-state index in [0.29, 0.717) is 5.69 Å². The number of rotatable bonds is 4. The number of amides is 1. The summed E-state index contributed by atoms with van der Waals surface area (Å²) in [5, 5.41) is 15.0. The van der Waals surface area contributed by atoms with E-state index in [1.165, 1.54) is 30.5 Å². The molecule has 0 aliphatic rings. The molecule has 0 saturated heterocycles. The van der Waals surface area contributed by atoms with E-state index in [-0.39, 0.29) is 16.8 Å². The van der Waals surface area contributed by atoms with Crippen LogP contribution in [0, 0.1) is 17.3 Å². The molecule has 6 nitrogen and oxygen atoms in total. The summed E-state index contributed by atoms with van der Waals surface area (Å²) in [5.74, 6) is -0.632. The zero-order chi connectivity index (χ0) is 14.5. The van der Waals surface area contributed by atoms with Gasteiger partial charge in [-0.15, -0.1) is 0 Å². The normalized spacial score (nSPS) is 9.85. The smallest absolute Gasteiger partial charge is 0.246 e. The SMILES string of the molecule is N#CN(CC(=O)Nc1ccon1)c1ccc(F)c(Br)c1. The van der Waals surface area contributed by atoms with Crippen LogP contribution < -0.4 is 10.2 Å². The predicted molar refractivity (Wildman–Crippen MR) is 72.2 cm³/mol. The Hall–Kier alpha value is -2.40. The molecule has 1 aromatic carbocycles. The molecule has 8 heteroatoms. The summed E-state index contributed by atoms with van der Waals surface area (Å²) >= 11 is 3.02. The van der Waals surface area contributed by atoms with Gasteiger partial charge in [-0.2, -0.15) is 5.26 Å². The Labute approximate surface area is 121 Å². The molecule has 0 unspecified atom stereocenters. The quantitative estimate of drug-likeness (QED) is 0.684. The fourth-order valence-electron chi connectivity index (χ4n) is 1.44. The van der Waals surface area contributed by atoms with Crippen LogP contribution in [-0.4, -0.2) is 17.6 Å². The Morgan fingerprint density at radius 3 is 2.95 bits per heavy atom. The van der Waals surface area contributed by atoms with E-state index in [2.05, 4.69) is 30.9 Å². The van der Waals surface area contributed by atoms with Crippen LogP contribution >= 0.6 is 15.9 Å².